The average molecular weight is 303 g/mol. The molecule has 0 fully saturated rings. The van der Waals surface area contributed by atoms with E-state index in [1.54, 1.807) is 0 Å². The second-order valence-electron chi connectivity index (χ2n) is 5.38. The Hall–Kier alpha value is -1.78. The third kappa shape index (κ3) is 2.69. The van der Waals surface area contributed by atoms with Gasteiger partial charge in [0.05, 0.1) is 5.69 Å². The zero-order valence-corrected chi connectivity index (χ0v) is 13.3. The molecule has 0 unspecified atom stereocenters. The Morgan fingerprint density at radius 3 is 2.81 bits per heavy atom. The number of fused-ring (bicyclic) bond motifs is 1. The summed E-state index contributed by atoms with van der Waals surface area (Å²) in [5.41, 5.74) is 5.91. The molecule has 0 atom stereocenters. The van der Waals surface area contributed by atoms with E-state index in [0.29, 0.717) is 0 Å². The molecule has 3 aromatic rings. The standard InChI is InChI=1S/C16H19ClN4/c1-10-15(11(2)21(3)20-10)9-18-7-12-8-19-16-6-13(17)4-5-14(12)16/h4-6,8,18-19H,7,9H2,1-3H3. The molecular formula is C16H19ClN4. The van der Waals surface area contributed by atoms with Gasteiger partial charge in [0, 0.05) is 53.5 Å². The number of nitrogens with zero attached hydrogens (tertiary/aromatic N) is 2. The van der Waals surface area contributed by atoms with Gasteiger partial charge in [0.15, 0.2) is 0 Å². The molecule has 0 spiro atoms. The predicted molar refractivity (Wildman–Crippen MR) is 86.5 cm³/mol. The number of nitrogens with one attached hydrogen (secondary N) is 2. The van der Waals surface area contributed by atoms with E-state index in [4.69, 9.17) is 11.6 Å². The van der Waals surface area contributed by atoms with Crippen molar-refractivity contribution in [3.63, 3.8) is 0 Å². The summed E-state index contributed by atoms with van der Waals surface area (Å²) < 4.78 is 1.93. The molecule has 0 radical (unpaired) electrons. The highest BCUT2D eigenvalue weighted by atomic mass is 35.5. The Kier molecular flexibility index (Phi) is 3.74. The zero-order valence-electron chi connectivity index (χ0n) is 12.5. The molecule has 21 heavy (non-hydrogen) atoms. The Labute approximate surface area is 129 Å². The van der Waals surface area contributed by atoms with Gasteiger partial charge in [-0.3, -0.25) is 4.68 Å². The van der Waals surface area contributed by atoms with Crippen molar-refractivity contribution in [2.24, 2.45) is 7.05 Å². The molecule has 4 nitrogen and oxygen atoms in total. The normalized spacial score (nSPS) is 11.4. The smallest absolute Gasteiger partial charge is 0.0641 e. The summed E-state index contributed by atoms with van der Waals surface area (Å²) in [4.78, 5) is 3.26. The second-order valence-corrected chi connectivity index (χ2v) is 5.82. The minimum absolute atomic E-state index is 0.755. The Morgan fingerprint density at radius 1 is 1.29 bits per heavy atom. The summed E-state index contributed by atoms with van der Waals surface area (Å²) in [5, 5.41) is 9.91. The maximum atomic E-state index is 6.00. The highest BCUT2D eigenvalue weighted by Crippen LogP contribution is 2.22. The molecular weight excluding hydrogens is 284 g/mol. The quantitative estimate of drug-likeness (QED) is 0.775. The molecule has 0 bridgehead atoms. The molecule has 3 rings (SSSR count). The van der Waals surface area contributed by atoms with Crippen LogP contribution in [-0.4, -0.2) is 14.8 Å². The van der Waals surface area contributed by atoms with Crippen molar-refractivity contribution >= 4 is 22.5 Å². The van der Waals surface area contributed by atoms with E-state index in [-0.39, 0.29) is 0 Å². The first-order valence-electron chi connectivity index (χ1n) is 7.01. The van der Waals surface area contributed by atoms with E-state index >= 15 is 0 Å². The van der Waals surface area contributed by atoms with Crippen molar-refractivity contribution < 1.29 is 0 Å². The third-order valence-electron chi connectivity index (χ3n) is 4.01. The lowest BCUT2D eigenvalue weighted by atomic mass is 10.1. The van der Waals surface area contributed by atoms with E-state index in [1.807, 2.05) is 30.1 Å². The van der Waals surface area contributed by atoms with Crippen molar-refractivity contribution in [1.29, 1.82) is 0 Å². The summed E-state index contributed by atoms with van der Waals surface area (Å²) >= 11 is 6.00. The summed E-state index contributed by atoms with van der Waals surface area (Å²) in [6, 6.07) is 5.94. The van der Waals surface area contributed by atoms with Crippen LogP contribution in [0.15, 0.2) is 24.4 Å². The summed E-state index contributed by atoms with van der Waals surface area (Å²) in [6.45, 7) is 5.80. The maximum Gasteiger partial charge on any atom is 0.0641 e. The topological polar surface area (TPSA) is 45.6 Å². The maximum absolute atomic E-state index is 6.00. The number of hydrogen-bond donors (Lipinski definition) is 2. The van der Waals surface area contributed by atoms with Gasteiger partial charge < -0.3 is 10.3 Å². The number of aromatic amines is 1. The molecule has 2 aromatic heterocycles. The number of halogens is 1. The fourth-order valence-corrected chi connectivity index (χ4v) is 2.87. The van der Waals surface area contributed by atoms with Crippen LogP contribution in [0.3, 0.4) is 0 Å². The van der Waals surface area contributed by atoms with E-state index in [1.165, 1.54) is 22.2 Å². The molecule has 0 aliphatic heterocycles. The first kappa shape index (κ1) is 14.2. The summed E-state index contributed by atoms with van der Waals surface area (Å²) in [6.07, 6.45) is 2.04. The second kappa shape index (κ2) is 5.54. The molecule has 110 valence electrons. The molecule has 0 aliphatic rings. The Morgan fingerprint density at radius 2 is 2.10 bits per heavy atom. The number of benzene rings is 1. The minimum atomic E-state index is 0.755. The van der Waals surface area contributed by atoms with Gasteiger partial charge in [0.2, 0.25) is 0 Å². The van der Waals surface area contributed by atoms with Crippen LogP contribution < -0.4 is 5.32 Å². The van der Waals surface area contributed by atoms with Gasteiger partial charge >= 0.3 is 0 Å². The summed E-state index contributed by atoms with van der Waals surface area (Å²) in [5.74, 6) is 0. The van der Waals surface area contributed by atoms with Gasteiger partial charge in [-0.2, -0.15) is 5.10 Å². The van der Waals surface area contributed by atoms with Crippen LogP contribution in [0.5, 0.6) is 0 Å². The minimum Gasteiger partial charge on any atom is -0.361 e. The first-order chi connectivity index (χ1) is 10.1. The number of aromatic nitrogens is 3. The van der Waals surface area contributed by atoms with Crippen LogP contribution in [0.1, 0.15) is 22.5 Å². The van der Waals surface area contributed by atoms with Crippen LogP contribution in [0.25, 0.3) is 10.9 Å². The SMILES string of the molecule is Cc1nn(C)c(C)c1CNCc1c[nH]c2cc(Cl)ccc12. The monoisotopic (exact) mass is 302 g/mol. The van der Waals surface area contributed by atoms with E-state index < -0.39 is 0 Å². The number of aryl methyl sites for hydroxylation is 2. The molecule has 2 N–H and O–H groups in total. The highest BCUT2D eigenvalue weighted by Gasteiger charge is 2.09. The number of H-pyrrole nitrogens is 1. The van der Waals surface area contributed by atoms with Crippen molar-refractivity contribution in [1.82, 2.24) is 20.1 Å². The van der Waals surface area contributed by atoms with Crippen molar-refractivity contribution in [3.8, 4) is 0 Å². The summed E-state index contributed by atoms with van der Waals surface area (Å²) in [7, 11) is 1.98. The van der Waals surface area contributed by atoms with Crippen LogP contribution in [0.4, 0.5) is 0 Å². The largest absolute Gasteiger partial charge is 0.361 e. The van der Waals surface area contributed by atoms with Gasteiger partial charge in [-0.1, -0.05) is 17.7 Å². The van der Waals surface area contributed by atoms with Crippen LogP contribution in [0.2, 0.25) is 5.02 Å². The Balaban J connectivity index is 1.72. The van der Waals surface area contributed by atoms with Crippen molar-refractivity contribution in [2.45, 2.75) is 26.9 Å². The fraction of sp³-hybridized carbons (Fsp3) is 0.312. The van der Waals surface area contributed by atoms with Crippen molar-refractivity contribution in [3.05, 3.63) is 51.9 Å². The van der Waals surface area contributed by atoms with Gasteiger partial charge in [-0.05, 0) is 31.5 Å². The highest BCUT2D eigenvalue weighted by molar-refractivity contribution is 6.31. The molecule has 1 aromatic carbocycles. The lowest BCUT2D eigenvalue weighted by molar-refractivity contribution is 0.686. The van der Waals surface area contributed by atoms with Gasteiger partial charge in [-0.25, -0.2) is 0 Å². The van der Waals surface area contributed by atoms with E-state index in [9.17, 15) is 0 Å². The zero-order chi connectivity index (χ0) is 15.0. The van der Waals surface area contributed by atoms with Crippen LogP contribution in [0, 0.1) is 13.8 Å². The molecule has 0 aliphatic carbocycles. The third-order valence-corrected chi connectivity index (χ3v) is 4.24. The molecule has 0 saturated heterocycles. The molecule has 5 heteroatoms. The number of rotatable bonds is 4. The average Bonchev–Trinajstić information content (AvgIpc) is 2.94. The fourth-order valence-electron chi connectivity index (χ4n) is 2.70. The molecule has 0 amide bonds. The Bertz CT molecular complexity index is 785. The van der Waals surface area contributed by atoms with Gasteiger partial charge in [-0.15, -0.1) is 0 Å². The molecule has 2 heterocycles. The van der Waals surface area contributed by atoms with Crippen LogP contribution in [-0.2, 0) is 20.1 Å². The number of hydrogen-bond acceptors (Lipinski definition) is 2. The van der Waals surface area contributed by atoms with E-state index in [2.05, 4.69) is 35.3 Å². The van der Waals surface area contributed by atoms with Crippen LogP contribution >= 0.6 is 11.6 Å². The van der Waals surface area contributed by atoms with Crippen molar-refractivity contribution in [2.75, 3.05) is 0 Å². The lowest BCUT2D eigenvalue weighted by Gasteiger charge is -2.05. The predicted octanol–water partition coefficient (Wildman–Crippen LogP) is 3.46. The molecule has 0 saturated carbocycles. The van der Waals surface area contributed by atoms with Gasteiger partial charge in [0.1, 0.15) is 0 Å². The first-order valence-corrected chi connectivity index (χ1v) is 7.39. The van der Waals surface area contributed by atoms with Gasteiger partial charge in [0.25, 0.3) is 0 Å². The lowest BCUT2D eigenvalue weighted by Crippen LogP contribution is -2.13. The van der Waals surface area contributed by atoms with E-state index in [0.717, 1.165) is 29.3 Å².